The maximum Gasteiger partial charge on any atom is 0.368 e. The first-order chi connectivity index (χ1) is 4.86. The number of halogens is 1. The van der Waals surface area contributed by atoms with E-state index in [1.165, 1.54) is 0 Å². The third-order valence-electron chi connectivity index (χ3n) is 1.31. The molecule has 0 aliphatic carbocycles. The number of urea groups is 1. The smallest absolute Gasteiger partial charge is 0.244 e. The van der Waals surface area contributed by atoms with E-state index in [1.807, 2.05) is 12.1 Å². The van der Waals surface area contributed by atoms with Gasteiger partial charge in [0.1, 0.15) is 0 Å². The van der Waals surface area contributed by atoms with Crippen molar-refractivity contribution in [3.05, 3.63) is 35.0 Å². The molecule has 0 fully saturated rings. The Balaban J connectivity index is 0.000000605. The highest BCUT2D eigenvalue weighted by Gasteiger charge is 2.01. The number of rotatable bonds is 0. The summed E-state index contributed by atoms with van der Waals surface area (Å²) in [6.45, 7) is 0. The first-order valence-corrected chi connectivity index (χ1v) is 2.93. The lowest BCUT2D eigenvalue weighted by molar-refractivity contribution is 0.256. The summed E-state index contributed by atoms with van der Waals surface area (Å²) in [5.41, 5.74) is 0. The predicted octanol–water partition coefficient (Wildman–Crippen LogP) is 0.637. The number of fused-ring (bicyclic) bond motifs is 1. The fourth-order valence-corrected chi connectivity index (χ4v) is 0.884. The summed E-state index contributed by atoms with van der Waals surface area (Å²) < 4.78 is 0. The summed E-state index contributed by atoms with van der Waals surface area (Å²) in [5.74, 6) is 0. The topological polar surface area (TPSA) is 41.8 Å². The summed E-state index contributed by atoms with van der Waals surface area (Å²) in [7, 11) is 0. The van der Waals surface area contributed by atoms with Crippen LogP contribution in [0, 0.1) is 0 Å². The number of hydrogen-bond acceptors (Lipinski definition) is 1. The van der Waals surface area contributed by atoms with E-state index in [-0.39, 0.29) is 17.0 Å². The highest BCUT2D eigenvalue weighted by molar-refractivity contribution is 8.93. The zero-order valence-electron chi connectivity index (χ0n) is 5.52. The Hall–Kier alpha value is -1.03. The van der Waals surface area contributed by atoms with Gasteiger partial charge in [0.05, 0.1) is 10.7 Å². The van der Waals surface area contributed by atoms with Gasteiger partial charge in [-0.2, -0.15) is 9.98 Å². The number of nitrogens with zero attached hydrogens (tertiary/aromatic N) is 2. The molecule has 1 heterocycles. The Bertz CT molecular complexity index is 362. The van der Waals surface area contributed by atoms with Gasteiger partial charge < -0.3 is 0 Å². The van der Waals surface area contributed by atoms with Crippen LogP contribution in [0.3, 0.4) is 0 Å². The van der Waals surface area contributed by atoms with Gasteiger partial charge in [-0.15, -0.1) is 17.0 Å². The van der Waals surface area contributed by atoms with Gasteiger partial charge in [0, 0.05) is 0 Å². The Morgan fingerprint density at radius 3 is 1.91 bits per heavy atom. The number of hydrogen-bond donors (Lipinski definition) is 0. The normalized spacial score (nSPS) is 12.5. The van der Waals surface area contributed by atoms with Gasteiger partial charge in [-0.3, -0.25) is 0 Å². The van der Waals surface area contributed by atoms with E-state index < -0.39 is 6.03 Å². The fraction of sp³-hybridized carbons (Fsp3) is 0. The van der Waals surface area contributed by atoms with Crippen molar-refractivity contribution in [3.8, 4) is 0 Å². The monoisotopic (exact) mass is 212 g/mol. The molecule has 56 valence electrons. The summed E-state index contributed by atoms with van der Waals surface area (Å²) in [6, 6.07) is 6.79. The second-order valence-corrected chi connectivity index (χ2v) is 1.99. The standard InChI is InChI=1S/C7H4N2O.BrH/c10-7-8-5-3-1-2-4-6(5)9-7;/h1-4H;1H. The molecule has 0 spiro atoms. The van der Waals surface area contributed by atoms with Crippen molar-refractivity contribution in [3.63, 3.8) is 0 Å². The van der Waals surface area contributed by atoms with Gasteiger partial charge in [0.15, 0.2) is 0 Å². The molecule has 0 atom stereocenters. The lowest BCUT2D eigenvalue weighted by atomic mass is 10.3. The summed E-state index contributed by atoms with van der Waals surface area (Å²) in [5, 5.41) is 1.35. The number of carbonyl (C=O) groups is 1. The fourth-order valence-electron chi connectivity index (χ4n) is 0.884. The van der Waals surface area contributed by atoms with Gasteiger partial charge >= 0.3 is 6.03 Å². The van der Waals surface area contributed by atoms with Crippen molar-refractivity contribution in [1.29, 1.82) is 0 Å². The SMILES string of the molecule is Br.O=C1N=c2ccccc2=N1. The van der Waals surface area contributed by atoms with Crippen molar-refractivity contribution >= 4 is 23.0 Å². The van der Waals surface area contributed by atoms with E-state index in [0.29, 0.717) is 10.7 Å². The van der Waals surface area contributed by atoms with Gasteiger partial charge in [-0.05, 0) is 12.1 Å². The molecule has 0 radical (unpaired) electrons. The van der Waals surface area contributed by atoms with Crippen molar-refractivity contribution < 1.29 is 4.79 Å². The molecular weight excluding hydrogens is 208 g/mol. The molecular formula is C7H5BrN2O. The summed E-state index contributed by atoms with van der Waals surface area (Å²) in [4.78, 5) is 17.9. The Kier molecular flexibility index (Phi) is 2.14. The quantitative estimate of drug-likeness (QED) is 0.623. The molecule has 0 aromatic heterocycles. The van der Waals surface area contributed by atoms with Crippen molar-refractivity contribution in [2.75, 3.05) is 0 Å². The first-order valence-electron chi connectivity index (χ1n) is 2.93. The highest BCUT2D eigenvalue weighted by atomic mass is 79.9. The average molecular weight is 213 g/mol. The molecule has 1 aromatic carbocycles. The Morgan fingerprint density at radius 1 is 1.00 bits per heavy atom. The van der Waals surface area contributed by atoms with E-state index in [9.17, 15) is 4.79 Å². The van der Waals surface area contributed by atoms with Crippen LogP contribution in [0.1, 0.15) is 0 Å². The largest absolute Gasteiger partial charge is 0.368 e. The van der Waals surface area contributed by atoms with E-state index in [4.69, 9.17) is 0 Å². The third-order valence-corrected chi connectivity index (χ3v) is 1.31. The molecule has 2 rings (SSSR count). The number of benzene rings is 1. The maximum atomic E-state index is 10.6. The summed E-state index contributed by atoms with van der Waals surface area (Å²) >= 11 is 0. The highest BCUT2D eigenvalue weighted by Crippen LogP contribution is 1.82. The maximum absolute atomic E-state index is 10.6. The number of amides is 2. The molecule has 1 aromatic rings. The van der Waals surface area contributed by atoms with Crippen LogP contribution in [0.15, 0.2) is 34.3 Å². The Morgan fingerprint density at radius 2 is 1.45 bits per heavy atom. The molecule has 0 saturated carbocycles. The van der Waals surface area contributed by atoms with E-state index in [2.05, 4.69) is 9.98 Å². The second kappa shape index (κ2) is 2.92. The molecule has 1 aliphatic rings. The van der Waals surface area contributed by atoms with Crippen LogP contribution in [0.4, 0.5) is 4.79 Å². The van der Waals surface area contributed by atoms with E-state index in [0.717, 1.165) is 0 Å². The van der Waals surface area contributed by atoms with E-state index in [1.54, 1.807) is 12.1 Å². The molecule has 0 bridgehead atoms. The zero-order valence-corrected chi connectivity index (χ0v) is 7.23. The van der Waals surface area contributed by atoms with Crippen molar-refractivity contribution in [1.82, 2.24) is 0 Å². The zero-order chi connectivity index (χ0) is 6.97. The van der Waals surface area contributed by atoms with Crippen molar-refractivity contribution in [2.45, 2.75) is 0 Å². The van der Waals surface area contributed by atoms with Crippen LogP contribution < -0.4 is 10.7 Å². The molecule has 0 saturated heterocycles. The number of carbonyl (C=O) groups excluding carboxylic acids is 1. The molecule has 0 N–H and O–H groups in total. The molecule has 1 aliphatic heterocycles. The molecule has 11 heavy (non-hydrogen) atoms. The van der Waals surface area contributed by atoms with Crippen LogP contribution >= 0.6 is 17.0 Å². The van der Waals surface area contributed by atoms with Crippen LogP contribution in [0.5, 0.6) is 0 Å². The lowest BCUT2D eigenvalue weighted by Gasteiger charge is -1.75. The average Bonchev–Trinajstić information content (AvgIpc) is 2.27. The van der Waals surface area contributed by atoms with Crippen LogP contribution in [-0.2, 0) is 0 Å². The van der Waals surface area contributed by atoms with E-state index >= 15 is 0 Å². The lowest BCUT2D eigenvalue weighted by Crippen LogP contribution is -2.19. The minimum atomic E-state index is -0.402. The Labute approximate surface area is 73.3 Å². The summed E-state index contributed by atoms with van der Waals surface area (Å²) in [6.07, 6.45) is 0. The second-order valence-electron chi connectivity index (χ2n) is 1.99. The van der Waals surface area contributed by atoms with Gasteiger partial charge in [-0.1, -0.05) is 12.1 Å². The first kappa shape index (κ1) is 8.07. The van der Waals surface area contributed by atoms with Crippen LogP contribution in [0.2, 0.25) is 0 Å². The van der Waals surface area contributed by atoms with Crippen molar-refractivity contribution in [2.24, 2.45) is 9.98 Å². The molecule has 0 unspecified atom stereocenters. The van der Waals surface area contributed by atoms with Gasteiger partial charge in [0.2, 0.25) is 0 Å². The van der Waals surface area contributed by atoms with Crippen LogP contribution in [-0.4, -0.2) is 6.03 Å². The minimum absolute atomic E-state index is 0. The predicted molar refractivity (Wildman–Crippen MR) is 44.5 cm³/mol. The van der Waals surface area contributed by atoms with Gasteiger partial charge in [-0.25, -0.2) is 4.79 Å². The molecule has 3 nitrogen and oxygen atoms in total. The number of para-hydroxylation sites is 2. The minimum Gasteiger partial charge on any atom is -0.244 e. The molecule has 2 amide bonds. The van der Waals surface area contributed by atoms with Gasteiger partial charge in [0.25, 0.3) is 0 Å². The van der Waals surface area contributed by atoms with Crippen LogP contribution in [0.25, 0.3) is 0 Å². The third kappa shape index (κ3) is 1.35. The molecule has 4 heteroatoms.